The molecule has 0 bridgehead atoms. The molecule has 1 amide bonds. The molecule has 1 aliphatic rings. The zero-order valence-electron chi connectivity index (χ0n) is 16.2. The first-order valence-electron chi connectivity index (χ1n) is 9.22. The van der Waals surface area contributed by atoms with E-state index in [1.807, 2.05) is 42.5 Å². The number of rotatable bonds is 5. The number of nitrogens with zero attached hydrogens (tertiary/aromatic N) is 1. The van der Waals surface area contributed by atoms with Crippen molar-refractivity contribution in [3.05, 3.63) is 97.0 Å². The third kappa shape index (κ3) is 5.02. The van der Waals surface area contributed by atoms with Gasteiger partial charge in [-0.2, -0.15) is 0 Å². The van der Waals surface area contributed by atoms with E-state index in [0.717, 1.165) is 15.6 Å². The van der Waals surface area contributed by atoms with Crippen molar-refractivity contribution in [2.75, 3.05) is 4.90 Å². The van der Waals surface area contributed by atoms with E-state index >= 15 is 0 Å². The van der Waals surface area contributed by atoms with Crippen molar-refractivity contribution in [1.29, 1.82) is 0 Å². The minimum atomic E-state index is -0.557. The first-order valence-corrected chi connectivity index (χ1v) is 12.0. The van der Waals surface area contributed by atoms with Crippen LogP contribution < -0.4 is 9.64 Å². The Kier molecular flexibility index (Phi) is 7.22. The minimum absolute atomic E-state index is 0.0724. The summed E-state index contributed by atoms with van der Waals surface area (Å²) in [7, 11) is 0. The highest BCUT2D eigenvalue weighted by molar-refractivity contribution is 9.10. The molecule has 4 rings (SSSR count). The Morgan fingerprint density at radius 3 is 2.59 bits per heavy atom. The Balaban J connectivity index is 1.51. The Labute approximate surface area is 212 Å². The number of thiocarbonyl (C=S) groups is 1. The summed E-state index contributed by atoms with van der Waals surface area (Å²) in [6, 6.07) is 17.0. The molecule has 0 radical (unpaired) electrons. The average Bonchev–Trinajstić information content (AvgIpc) is 3.03. The molecular formula is C23H13BrCl2FNO2S2. The maximum absolute atomic E-state index is 13.5. The molecule has 0 unspecified atom stereocenters. The number of hydrogen-bond donors (Lipinski definition) is 0. The maximum Gasteiger partial charge on any atom is 0.270 e. The summed E-state index contributed by atoms with van der Waals surface area (Å²) in [5, 5.41) is 0.571. The van der Waals surface area contributed by atoms with Crippen LogP contribution in [0.25, 0.3) is 6.08 Å². The van der Waals surface area contributed by atoms with Gasteiger partial charge in [-0.1, -0.05) is 71.4 Å². The second-order valence-corrected chi connectivity index (χ2v) is 10.0. The fraction of sp³-hybridized carbons (Fsp3) is 0.0435. The van der Waals surface area contributed by atoms with Crippen LogP contribution in [0.3, 0.4) is 0 Å². The molecule has 0 spiro atoms. The van der Waals surface area contributed by atoms with Crippen LogP contribution in [0.4, 0.5) is 10.1 Å². The molecule has 162 valence electrons. The number of carbonyl (C=O) groups excluding carboxylic acids is 1. The van der Waals surface area contributed by atoms with Gasteiger partial charge < -0.3 is 4.74 Å². The Morgan fingerprint density at radius 2 is 1.88 bits per heavy atom. The van der Waals surface area contributed by atoms with Crippen LogP contribution in [-0.4, -0.2) is 10.2 Å². The van der Waals surface area contributed by atoms with Crippen LogP contribution in [0, 0.1) is 5.82 Å². The Hall–Kier alpha value is -1.90. The number of thioether (sulfide) groups is 1. The van der Waals surface area contributed by atoms with Crippen molar-refractivity contribution < 1.29 is 13.9 Å². The highest BCUT2D eigenvalue weighted by Gasteiger charge is 2.33. The van der Waals surface area contributed by atoms with Crippen molar-refractivity contribution in [1.82, 2.24) is 0 Å². The van der Waals surface area contributed by atoms with Gasteiger partial charge in [0.25, 0.3) is 5.91 Å². The normalized spacial score (nSPS) is 15.0. The smallest absolute Gasteiger partial charge is 0.270 e. The van der Waals surface area contributed by atoms with Crippen molar-refractivity contribution in [3.63, 3.8) is 0 Å². The molecule has 0 aliphatic carbocycles. The summed E-state index contributed by atoms with van der Waals surface area (Å²) in [5.74, 6) is -0.202. The Bertz CT molecular complexity index is 1270. The first kappa shape index (κ1) is 23.3. The molecule has 9 heteroatoms. The predicted molar refractivity (Wildman–Crippen MR) is 137 cm³/mol. The van der Waals surface area contributed by atoms with Crippen LogP contribution in [0.5, 0.6) is 5.75 Å². The zero-order chi connectivity index (χ0) is 22.8. The molecule has 32 heavy (non-hydrogen) atoms. The van der Waals surface area contributed by atoms with Gasteiger partial charge in [-0.25, -0.2) is 4.39 Å². The van der Waals surface area contributed by atoms with Gasteiger partial charge in [-0.15, -0.1) is 0 Å². The van der Waals surface area contributed by atoms with Gasteiger partial charge >= 0.3 is 0 Å². The summed E-state index contributed by atoms with van der Waals surface area (Å²) in [4.78, 5) is 14.7. The highest BCUT2D eigenvalue weighted by atomic mass is 79.9. The highest BCUT2D eigenvalue weighted by Crippen LogP contribution is 2.38. The van der Waals surface area contributed by atoms with Gasteiger partial charge in [0.2, 0.25) is 0 Å². The molecule has 3 aromatic rings. The third-order valence-corrected chi connectivity index (χ3v) is 7.13. The lowest BCUT2D eigenvalue weighted by atomic mass is 10.2. The zero-order valence-corrected chi connectivity index (χ0v) is 20.9. The van der Waals surface area contributed by atoms with E-state index in [9.17, 15) is 9.18 Å². The predicted octanol–water partition coefficient (Wildman–Crippen LogP) is 7.88. The summed E-state index contributed by atoms with van der Waals surface area (Å²) >= 11 is 22.1. The minimum Gasteiger partial charge on any atom is -0.488 e. The summed E-state index contributed by atoms with van der Waals surface area (Å²) in [6.45, 7) is 0.330. The number of hydrogen-bond acceptors (Lipinski definition) is 4. The number of benzene rings is 3. The van der Waals surface area contributed by atoms with Gasteiger partial charge in [0.1, 0.15) is 18.2 Å². The molecule has 0 atom stereocenters. The van der Waals surface area contributed by atoms with Crippen molar-refractivity contribution in [3.8, 4) is 5.75 Å². The molecule has 0 N–H and O–H groups in total. The second-order valence-electron chi connectivity index (χ2n) is 6.69. The fourth-order valence-electron chi connectivity index (χ4n) is 2.96. The van der Waals surface area contributed by atoms with Gasteiger partial charge in [-0.05, 0) is 64.0 Å². The van der Waals surface area contributed by atoms with Crippen LogP contribution in [-0.2, 0) is 11.4 Å². The molecule has 3 nitrogen and oxygen atoms in total. The van der Waals surface area contributed by atoms with Crippen LogP contribution in [0.2, 0.25) is 10.0 Å². The first-order chi connectivity index (χ1) is 15.3. The van der Waals surface area contributed by atoms with Crippen LogP contribution in [0.1, 0.15) is 11.1 Å². The van der Waals surface area contributed by atoms with Gasteiger partial charge in [0.05, 0.1) is 20.1 Å². The second kappa shape index (κ2) is 9.93. The topological polar surface area (TPSA) is 29.5 Å². The van der Waals surface area contributed by atoms with E-state index in [1.54, 1.807) is 6.08 Å². The number of halogens is 4. The van der Waals surface area contributed by atoms with E-state index in [4.69, 9.17) is 40.2 Å². The molecule has 1 aliphatic heterocycles. The quantitative estimate of drug-likeness (QED) is 0.231. The van der Waals surface area contributed by atoms with E-state index < -0.39 is 5.82 Å². The molecule has 1 heterocycles. The maximum atomic E-state index is 13.5. The molecule has 1 fully saturated rings. The molecule has 3 aromatic carbocycles. The number of anilines is 1. The number of amides is 1. The monoisotopic (exact) mass is 567 g/mol. The summed E-state index contributed by atoms with van der Waals surface area (Å²) in [6.07, 6.45) is 1.74. The van der Waals surface area contributed by atoms with E-state index in [0.29, 0.717) is 32.3 Å². The standard InChI is InChI=1S/C23H13BrCl2FNO2S2/c24-16-9-13(5-8-20(16)30-12-14-3-1-2-4-17(14)25)10-21-22(29)28(23(31)32-21)15-6-7-19(27)18(26)11-15/h1-11H,12H2/b21-10+. The van der Waals surface area contributed by atoms with E-state index in [1.165, 1.54) is 34.9 Å². The fourth-order valence-corrected chi connectivity index (χ4v) is 5.14. The van der Waals surface area contributed by atoms with Gasteiger partial charge in [-0.3, -0.25) is 9.69 Å². The van der Waals surface area contributed by atoms with Crippen molar-refractivity contribution in [2.24, 2.45) is 0 Å². The average molecular weight is 569 g/mol. The van der Waals surface area contributed by atoms with Gasteiger partial charge in [0, 0.05) is 10.6 Å². The molecule has 0 saturated carbocycles. The van der Waals surface area contributed by atoms with E-state index in [2.05, 4.69) is 15.9 Å². The lowest BCUT2D eigenvalue weighted by Crippen LogP contribution is -2.27. The third-order valence-electron chi connectivity index (χ3n) is 4.55. The summed E-state index contributed by atoms with van der Waals surface area (Å²) < 4.78 is 20.4. The van der Waals surface area contributed by atoms with Crippen LogP contribution in [0.15, 0.2) is 70.0 Å². The number of ether oxygens (including phenoxy) is 1. The SMILES string of the molecule is O=C1/C(=C\c2ccc(OCc3ccccc3Cl)c(Br)c2)SC(=S)N1c1ccc(F)c(Cl)c1. The Morgan fingerprint density at radius 1 is 1.09 bits per heavy atom. The lowest BCUT2D eigenvalue weighted by molar-refractivity contribution is -0.113. The molecule has 0 aromatic heterocycles. The number of carbonyl (C=O) groups is 1. The van der Waals surface area contributed by atoms with Gasteiger partial charge in [0.15, 0.2) is 4.32 Å². The molecular weight excluding hydrogens is 556 g/mol. The van der Waals surface area contributed by atoms with Crippen molar-refractivity contribution in [2.45, 2.75) is 6.61 Å². The van der Waals surface area contributed by atoms with Crippen molar-refractivity contribution >= 4 is 85.1 Å². The molecule has 1 saturated heterocycles. The van der Waals surface area contributed by atoms with E-state index in [-0.39, 0.29) is 10.9 Å². The summed E-state index contributed by atoms with van der Waals surface area (Å²) in [5.41, 5.74) is 2.10. The lowest BCUT2D eigenvalue weighted by Gasteiger charge is -2.14. The largest absolute Gasteiger partial charge is 0.488 e. The van der Waals surface area contributed by atoms with Crippen LogP contribution >= 0.6 is 63.1 Å².